The van der Waals surface area contributed by atoms with Gasteiger partial charge >= 0.3 is 5.97 Å². The zero-order valence-electron chi connectivity index (χ0n) is 43.8. The molecule has 0 saturated heterocycles. The lowest BCUT2D eigenvalue weighted by Gasteiger charge is -2.30. The number of nitrogens with zero attached hydrogens (tertiary/aromatic N) is 1. The molecule has 0 radical (unpaired) electrons. The average Bonchev–Trinajstić information content (AvgIpc) is 3.28. The van der Waals surface area contributed by atoms with E-state index in [0.717, 1.165) is 122 Å². The minimum Gasteiger partial charge on any atom is -0.756 e. The van der Waals surface area contributed by atoms with Crippen molar-refractivity contribution in [3.63, 3.8) is 0 Å². The predicted molar refractivity (Wildman–Crippen MR) is 284 cm³/mol. The molecule has 0 aliphatic carbocycles. The molecule has 3 atom stereocenters. The van der Waals surface area contributed by atoms with E-state index in [2.05, 4.69) is 92.9 Å². The summed E-state index contributed by atoms with van der Waals surface area (Å²) in [6, 6.07) is -0.906. The maximum absolute atomic E-state index is 13.4. The normalized spacial score (nSPS) is 14.6. The number of allylic oxidation sites excluding steroid dienone is 13. The summed E-state index contributed by atoms with van der Waals surface area (Å²) < 4.78 is 30.1. The van der Waals surface area contributed by atoms with Crippen LogP contribution in [-0.2, 0) is 27.9 Å². The number of esters is 1. The van der Waals surface area contributed by atoms with E-state index in [0.29, 0.717) is 23.9 Å². The molecular formula is C57H101N2O7P. The van der Waals surface area contributed by atoms with Gasteiger partial charge < -0.3 is 28.5 Å². The molecule has 0 spiro atoms. The summed E-state index contributed by atoms with van der Waals surface area (Å²) in [6.45, 7) is 6.55. The smallest absolute Gasteiger partial charge is 0.306 e. The topological polar surface area (TPSA) is 114 Å². The first-order chi connectivity index (χ1) is 32.4. The quantitative estimate of drug-likeness (QED) is 0.0161. The lowest BCUT2D eigenvalue weighted by atomic mass is 10.0. The van der Waals surface area contributed by atoms with Gasteiger partial charge in [-0.05, 0) is 83.1 Å². The molecule has 0 bridgehead atoms. The number of carbonyl (C=O) groups excluding carboxylic acids is 2. The van der Waals surface area contributed by atoms with Crippen molar-refractivity contribution in [1.82, 2.24) is 5.32 Å². The Balaban J connectivity index is 5.45. The second kappa shape index (κ2) is 46.9. The van der Waals surface area contributed by atoms with E-state index in [-0.39, 0.29) is 24.9 Å². The fourth-order valence-corrected chi connectivity index (χ4v) is 7.96. The number of carbonyl (C=O) groups is 2. The number of quaternary nitrogens is 1. The molecule has 0 saturated carbocycles. The van der Waals surface area contributed by atoms with Gasteiger partial charge in [0, 0.05) is 12.8 Å². The van der Waals surface area contributed by atoms with E-state index in [1.165, 1.54) is 51.4 Å². The second-order valence-electron chi connectivity index (χ2n) is 19.0. The SMILES string of the molecule is CC/C=C/C=C/C=C\CCCCCCCC(=O)OC(/C=C/CCCCCCCCCCCC)C(COP(=O)([O-])OCC[N+](C)(C)C)NC(=O)CCCCCCCC/C=C/C/C=C/C/C=C/CC. The summed E-state index contributed by atoms with van der Waals surface area (Å²) in [5, 5.41) is 3.00. The number of nitrogens with one attached hydrogen (secondary N) is 1. The highest BCUT2D eigenvalue weighted by atomic mass is 31.2. The highest BCUT2D eigenvalue weighted by Gasteiger charge is 2.27. The molecule has 1 N–H and O–H groups in total. The third-order valence-corrected chi connectivity index (χ3v) is 12.3. The molecule has 0 rings (SSSR count). The summed E-state index contributed by atoms with van der Waals surface area (Å²) >= 11 is 0. The van der Waals surface area contributed by atoms with Gasteiger partial charge in [0.25, 0.3) is 7.82 Å². The Morgan fingerprint density at radius 3 is 1.60 bits per heavy atom. The van der Waals surface area contributed by atoms with Crippen LogP contribution in [0.15, 0.2) is 85.1 Å². The first-order valence-electron chi connectivity index (χ1n) is 26.9. The first-order valence-corrected chi connectivity index (χ1v) is 28.4. The number of rotatable bonds is 47. The van der Waals surface area contributed by atoms with Crippen LogP contribution in [0.2, 0.25) is 0 Å². The highest BCUT2D eigenvalue weighted by molar-refractivity contribution is 7.45. The van der Waals surface area contributed by atoms with Gasteiger partial charge in [-0.1, -0.05) is 202 Å². The van der Waals surface area contributed by atoms with Crippen LogP contribution in [0.1, 0.15) is 213 Å². The van der Waals surface area contributed by atoms with Crippen LogP contribution in [0.3, 0.4) is 0 Å². The van der Waals surface area contributed by atoms with Crippen molar-refractivity contribution in [2.45, 2.75) is 226 Å². The van der Waals surface area contributed by atoms with Crippen molar-refractivity contribution >= 4 is 19.7 Å². The lowest BCUT2D eigenvalue weighted by Crippen LogP contribution is -2.47. The van der Waals surface area contributed by atoms with E-state index in [4.69, 9.17) is 13.8 Å². The molecule has 9 nitrogen and oxygen atoms in total. The van der Waals surface area contributed by atoms with Crippen molar-refractivity contribution in [1.29, 1.82) is 0 Å². The molecule has 0 aromatic carbocycles. The Hall–Kier alpha value is -2.81. The molecule has 0 aliphatic rings. The number of hydrogen-bond acceptors (Lipinski definition) is 7. The summed E-state index contributed by atoms with van der Waals surface area (Å²) in [6.07, 6.45) is 59.7. The van der Waals surface area contributed by atoms with E-state index in [1.54, 1.807) is 0 Å². The van der Waals surface area contributed by atoms with Crippen molar-refractivity contribution < 1.29 is 37.3 Å². The second-order valence-corrected chi connectivity index (χ2v) is 20.4. The maximum Gasteiger partial charge on any atom is 0.306 e. The summed E-state index contributed by atoms with van der Waals surface area (Å²) in [5.41, 5.74) is 0. The van der Waals surface area contributed by atoms with Crippen molar-refractivity contribution in [3.05, 3.63) is 85.1 Å². The number of amides is 1. The van der Waals surface area contributed by atoms with Crippen LogP contribution in [0, 0.1) is 0 Å². The standard InChI is InChI=1S/C57H101N2O7P/c1-7-10-13-16-19-22-25-28-29-30-32-34-37-40-43-46-49-56(60)58-54(53-65-67(62,63)64-52-51-59(4,5)6)55(48-45-42-39-36-33-27-24-21-18-15-12-9-3)66-57(61)50-47-44-41-38-35-31-26-23-20-17-14-11-8-2/h10-11,13-14,17,19-20,22-23,26,28-29,45,48,54-55H,7-9,12,15-16,18,21,24-25,27,30-44,46-47,49-53H2,1-6H3,(H-,58,60,62,63)/b13-10+,14-11+,20-17+,22-19+,26-23-,29-28+,48-45+. The first kappa shape index (κ1) is 64.2. The third kappa shape index (κ3) is 48.0. The Morgan fingerprint density at radius 2 is 1.03 bits per heavy atom. The number of unbranched alkanes of at least 4 members (excludes halogenated alkanes) is 21. The molecule has 0 heterocycles. The highest BCUT2D eigenvalue weighted by Crippen LogP contribution is 2.38. The largest absolute Gasteiger partial charge is 0.756 e. The molecule has 67 heavy (non-hydrogen) atoms. The number of phosphoric ester groups is 1. The van der Waals surface area contributed by atoms with Crippen LogP contribution in [0.5, 0.6) is 0 Å². The predicted octanol–water partition coefficient (Wildman–Crippen LogP) is 15.2. The Bertz CT molecular complexity index is 1430. The zero-order chi connectivity index (χ0) is 49.4. The molecule has 386 valence electrons. The van der Waals surface area contributed by atoms with Gasteiger partial charge in [-0.3, -0.25) is 14.2 Å². The van der Waals surface area contributed by atoms with Crippen molar-refractivity contribution in [2.24, 2.45) is 0 Å². The lowest BCUT2D eigenvalue weighted by molar-refractivity contribution is -0.870. The maximum atomic E-state index is 13.4. The summed E-state index contributed by atoms with van der Waals surface area (Å²) in [7, 11) is 1.15. The summed E-state index contributed by atoms with van der Waals surface area (Å²) in [4.78, 5) is 39.7. The third-order valence-electron chi connectivity index (χ3n) is 11.4. The molecule has 0 aromatic heterocycles. The van der Waals surface area contributed by atoms with Crippen LogP contribution < -0.4 is 10.2 Å². The van der Waals surface area contributed by atoms with E-state index >= 15 is 0 Å². The Kier molecular flexibility index (Phi) is 44.9. The van der Waals surface area contributed by atoms with Gasteiger partial charge in [-0.15, -0.1) is 0 Å². The molecular weight excluding hydrogens is 856 g/mol. The van der Waals surface area contributed by atoms with Crippen molar-refractivity contribution in [2.75, 3.05) is 40.9 Å². The number of likely N-dealkylation sites (N-methyl/N-ethyl adjacent to an activating group) is 1. The van der Waals surface area contributed by atoms with Gasteiger partial charge in [-0.25, -0.2) is 0 Å². The fraction of sp³-hybridized carbons (Fsp3) is 0.719. The van der Waals surface area contributed by atoms with E-state index in [1.807, 2.05) is 39.4 Å². The van der Waals surface area contributed by atoms with Crippen LogP contribution in [0.4, 0.5) is 0 Å². The fourth-order valence-electron chi connectivity index (χ4n) is 7.24. The summed E-state index contributed by atoms with van der Waals surface area (Å²) in [5.74, 6) is -0.587. The van der Waals surface area contributed by atoms with Gasteiger partial charge in [0.05, 0.1) is 33.8 Å². The number of ether oxygens (including phenoxy) is 1. The van der Waals surface area contributed by atoms with E-state index < -0.39 is 26.6 Å². The average molecular weight is 957 g/mol. The van der Waals surface area contributed by atoms with Crippen LogP contribution in [-0.4, -0.2) is 69.4 Å². The zero-order valence-corrected chi connectivity index (χ0v) is 44.7. The van der Waals surface area contributed by atoms with Gasteiger partial charge in [-0.2, -0.15) is 0 Å². The molecule has 10 heteroatoms. The van der Waals surface area contributed by atoms with Crippen LogP contribution in [0.25, 0.3) is 0 Å². The number of hydrogen-bond donors (Lipinski definition) is 1. The molecule has 0 fully saturated rings. The minimum absolute atomic E-state index is 0.0326. The monoisotopic (exact) mass is 957 g/mol. The van der Waals surface area contributed by atoms with Gasteiger partial charge in [0.2, 0.25) is 5.91 Å². The van der Waals surface area contributed by atoms with E-state index in [9.17, 15) is 19.0 Å². The number of phosphoric acid groups is 1. The Labute approximate surface area is 412 Å². The van der Waals surface area contributed by atoms with Crippen molar-refractivity contribution in [3.8, 4) is 0 Å². The Morgan fingerprint density at radius 1 is 0.552 bits per heavy atom. The van der Waals surface area contributed by atoms with Gasteiger partial charge in [0.1, 0.15) is 19.3 Å². The molecule has 3 unspecified atom stereocenters. The minimum atomic E-state index is -4.70. The van der Waals surface area contributed by atoms with Gasteiger partial charge in [0.15, 0.2) is 0 Å². The molecule has 0 aliphatic heterocycles. The molecule has 1 amide bonds. The van der Waals surface area contributed by atoms with Crippen LogP contribution >= 0.6 is 7.82 Å². The molecule has 0 aromatic rings.